The van der Waals surface area contributed by atoms with Gasteiger partial charge in [0, 0.05) is 24.2 Å². The lowest BCUT2D eigenvalue weighted by Crippen LogP contribution is -2.48. The van der Waals surface area contributed by atoms with Gasteiger partial charge in [0.15, 0.2) is 6.04 Å². The Kier molecular flexibility index (Phi) is 12.7. The number of fused-ring (bicyclic) bond motifs is 1. The molecule has 2 amide bonds. The molecule has 4 N–H and O–H groups in total. The third kappa shape index (κ3) is 11.8. The number of aromatic nitrogens is 2. The van der Waals surface area contributed by atoms with E-state index in [1.54, 1.807) is 84.9 Å². The van der Waals surface area contributed by atoms with E-state index in [0.717, 1.165) is 5.56 Å². The fourth-order valence-electron chi connectivity index (χ4n) is 4.75. The highest BCUT2D eigenvalue weighted by molar-refractivity contribution is 5.97. The summed E-state index contributed by atoms with van der Waals surface area (Å²) in [5.41, 5.74) is 0.460. The van der Waals surface area contributed by atoms with Gasteiger partial charge in [-0.3, -0.25) is 14.4 Å². The van der Waals surface area contributed by atoms with Crippen LogP contribution in [0.1, 0.15) is 76.1 Å². The van der Waals surface area contributed by atoms with Gasteiger partial charge in [-0.25, -0.2) is 14.6 Å². The van der Waals surface area contributed by atoms with Gasteiger partial charge in [-0.05, 0) is 96.8 Å². The SMILES string of the molecule is C#CCN(Cc1ccc2nc(C)[nH]c(=O)c2c1)c1ccc(C(=O)N[C@@H](CCC(=O)N[C@@H](CO)C(=O)OC(C)(C)C)C(=O)OC(C)(C)C)cc1. The summed E-state index contributed by atoms with van der Waals surface area (Å²) in [6.07, 6.45) is 5.25. The van der Waals surface area contributed by atoms with Crippen LogP contribution in [-0.4, -0.2) is 75.3 Å². The minimum Gasteiger partial charge on any atom is -0.458 e. The summed E-state index contributed by atoms with van der Waals surface area (Å²) in [7, 11) is 0. The quantitative estimate of drug-likeness (QED) is 0.155. The molecule has 1 heterocycles. The van der Waals surface area contributed by atoms with Crippen molar-refractivity contribution in [1.29, 1.82) is 0 Å². The Balaban J connectivity index is 1.73. The number of H-pyrrole nitrogens is 1. The molecule has 1 aromatic heterocycles. The van der Waals surface area contributed by atoms with E-state index < -0.39 is 53.6 Å². The second kappa shape index (κ2) is 16.3. The monoisotopic (exact) mass is 675 g/mol. The van der Waals surface area contributed by atoms with Crippen LogP contribution in [0.5, 0.6) is 0 Å². The van der Waals surface area contributed by atoms with Gasteiger partial charge in [0.05, 0.1) is 24.1 Å². The van der Waals surface area contributed by atoms with E-state index in [9.17, 15) is 29.1 Å². The Hall–Kier alpha value is -5.22. The third-order valence-corrected chi connectivity index (χ3v) is 6.90. The topological polar surface area (TPSA) is 180 Å². The lowest BCUT2D eigenvalue weighted by molar-refractivity contribution is -0.160. The first-order valence-corrected chi connectivity index (χ1v) is 15.8. The van der Waals surface area contributed by atoms with Crippen molar-refractivity contribution < 1.29 is 33.8 Å². The Morgan fingerprint density at radius 2 is 1.57 bits per heavy atom. The summed E-state index contributed by atoms with van der Waals surface area (Å²) < 4.78 is 10.7. The normalized spacial score (nSPS) is 12.7. The molecule has 13 heteroatoms. The maximum Gasteiger partial charge on any atom is 0.331 e. The second-order valence-corrected chi connectivity index (χ2v) is 13.5. The van der Waals surface area contributed by atoms with Gasteiger partial charge in [0.2, 0.25) is 5.91 Å². The molecule has 49 heavy (non-hydrogen) atoms. The number of aliphatic hydroxyl groups is 1. The van der Waals surface area contributed by atoms with E-state index in [-0.39, 0.29) is 30.5 Å². The molecule has 0 bridgehead atoms. The Labute approximate surface area is 285 Å². The number of anilines is 1. The third-order valence-electron chi connectivity index (χ3n) is 6.90. The number of ether oxygens (including phenoxy) is 2. The summed E-state index contributed by atoms with van der Waals surface area (Å²) in [5.74, 6) is 0.408. The number of amides is 2. The number of hydrogen-bond donors (Lipinski definition) is 4. The molecule has 262 valence electrons. The molecule has 2 atom stereocenters. The number of hydrogen-bond acceptors (Lipinski definition) is 10. The number of terminal acetylenes is 1. The minimum atomic E-state index is -1.29. The van der Waals surface area contributed by atoms with Crippen LogP contribution in [0.3, 0.4) is 0 Å². The molecule has 0 aliphatic heterocycles. The van der Waals surface area contributed by atoms with E-state index in [2.05, 4.69) is 26.5 Å². The van der Waals surface area contributed by atoms with Gasteiger partial charge in [-0.2, -0.15) is 0 Å². The molecule has 13 nitrogen and oxygen atoms in total. The van der Waals surface area contributed by atoms with E-state index >= 15 is 0 Å². The molecule has 0 aliphatic rings. The zero-order valence-electron chi connectivity index (χ0n) is 29.0. The average molecular weight is 676 g/mol. The number of esters is 2. The standard InChI is InChI=1S/C36H45N5O8/c1-9-18-41(20-23-10-15-27-26(19-23)32(45)38-22(2)37-27)25-13-11-24(12-14-25)31(44)40-28(33(46)48-35(3,4)5)16-17-30(43)39-29(21-42)34(47)49-36(6,7)8/h1,10-15,19,28-29,42H,16-18,20-21H2,2-8H3,(H,39,43)(H,40,44)(H,37,38,45)/t28-,29-/m0/s1. The number of carbonyl (C=O) groups is 4. The van der Waals surface area contributed by atoms with Crippen molar-refractivity contribution in [3.63, 3.8) is 0 Å². The molecule has 3 rings (SSSR count). The van der Waals surface area contributed by atoms with Crippen LogP contribution in [0, 0.1) is 19.3 Å². The maximum atomic E-state index is 13.3. The molecule has 0 fully saturated rings. The maximum absolute atomic E-state index is 13.3. The van der Waals surface area contributed by atoms with E-state index in [4.69, 9.17) is 15.9 Å². The van der Waals surface area contributed by atoms with Gasteiger partial charge in [0.25, 0.3) is 11.5 Å². The zero-order valence-corrected chi connectivity index (χ0v) is 29.0. The van der Waals surface area contributed by atoms with E-state index in [1.165, 1.54) is 0 Å². The number of carbonyl (C=O) groups excluding carboxylic acids is 4. The lowest BCUT2D eigenvalue weighted by atomic mass is 10.1. The molecule has 3 aromatic rings. The minimum absolute atomic E-state index is 0.142. The largest absolute Gasteiger partial charge is 0.458 e. The molecule has 0 unspecified atom stereocenters. The number of aromatic amines is 1. The highest BCUT2D eigenvalue weighted by atomic mass is 16.6. The van der Waals surface area contributed by atoms with Crippen molar-refractivity contribution in [3.05, 3.63) is 69.8 Å². The molecule has 0 saturated heterocycles. The van der Waals surface area contributed by atoms with Crippen LogP contribution >= 0.6 is 0 Å². The van der Waals surface area contributed by atoms with Gasteiger partial charge in [-0.15, -0.1) is 6.42 Å². The number of nitrogens with zero attached hydrogens (tertiary/aromatic N) is 2. The fourth-order valence-corrected chi connectivity index (χ4v) is 4.75. The number of aryl methyl sites for hydroxylation is 1. The number of benzene rings is 2. The summed E-state index contributed by atoms with van der Waals surface area (Å²) in [5, 5.41) is 15.1. The van der Waals surface area contributed by atoms with Crippen molar-refractivity contribution >= 4 is 40.3 Å². The number of rotatable bonds is 13. The van der Waals surface area contributed by atoms with Gasteiger partial charge in [-0.1, -0.05) is 12.0 Å². The van der Waals surface area contributed by atoms with E-state index in [1.807, 2.05) is 11.0 Å². The molecule has 0 radical (unpaired) electrons. The summed E-state index contributed by atoms with van der Waals surface area (Å²) in [6.45, 7) is 11.7. The van der Waals surface area contributed by atoms with Gasteiger partial charge in [0.1, 0.15) is 23.1 Å². The van der Waals surface area contributed by atoms with Crippen LogP contribution in [-0.2, 0) is 30.4 Å². The lowest BCUT2D eigenvalue weighted by Gasteiger charge is -2.25. The zero-order chi connectivity index (χ0) is 36.5. The van der Waals surface area contributed by atoms with Crippen LogP contribution < -0.4 is 21.1 Å². The summed E-state index contributed by atoms with van der Waals surface area (Å²) >= 11 is 0. The molecular weight excluding hydrogens is 630 g/mol. The molecule has 0 saturated carbocycles. The first-order valence-electron chi connectivity index (χ1n) is 15.8. The predicted molar refractivity (Wildman–Crippen MR) is 185 cm³/mol. The van der Waals surface area contributed by atoms with E-state index in [0.29, 0.717) is 29.0 Å². The summed E-state index contributed by atoms with van der Waals surface area (Å²) in [6, 6.07) is 9.53. The first-order chi connectivity index (χ1) is 22.9. The smallest absolute Gasteiger partial charge is 0.331 e. The van der Waals surface area contributed by atoms with Gasteiger partial charge < -0.3 is 35.1 Å². The van der Waals surface area contributed by atoms with Gasteiger partial charge >= 0.3 is 11.9 Å². The highest BCUT2D eigenvalue weighted by Gasteiger charge is 2.30. The molecule has 2 aromatic carbocycles. The van der Waals surface area contributed by atoms with Crippen LogP contribution in [0.4, 0.5) is 5.69 Å². The fraction of sp³-hybridized carbons (Fsp3) is 0.444. The number of nitrogens with one attached hydrogen (secondary N) is 3. The summed E-state index contributed by atoms with van der Waals surface area (Å²) in [4.78, 5) is 72.8. The van der Waals surface area contributed by atoms with Crippen molar-refractivity contribution in [1.82, 2.24) is 20.6 Å². The molecule has 0 aliphatic carbocycles. The van der Waals surface area contributed by atoms with Crippen LogP contribution in [0.15, 0.2) is 47.3 Å². The first kappa shape index (κ1) is 38.2. The Bertz CT molecular complexity index is 1760. The molecular formula is C36H45N5O8. The van der Waals surface area contributed by atoms with Crippen LogP contribution in [0.2, 0.25) is 0 Å². The highest BCUT2D eigenvalue weighted by Crippen LogP contribution is 2.20. The van der Waals surface area contributed by atoms with Crippen molar-refractivity contribution in [2.24, 2.45) is 0 Å². The number of aliphatic hydroxyl groups excluding tert-OH is 1. The van der Waals surface area contributed by atoms with Crippen molar-refractivity contribution in [3.8, 4) is 12.3 Å². The predicted octanol–water partition coefficient (Wildman–Crippen LogP) is 2.91. The van der Waals surface area contributed by atoms with Crippen molar-refractivity contribution in [2.45, 2.75) is 91.1 Å². The second-order valence-electron chi connectivity index (χ2n) is 13.5. The van der Waals surface area contributed by atoms with Crippen molar-refractivity contribution in [2.75, 3.05) is 18.1 Å². The average Bonchev–Trinajstić information content (AvgIpc) is 3.00. The molecule has 0 spiro atoms. The Morgan fingerprint density at radius 1 is 0.959 bits per heavy atom. The Morgan fingerprint density at radius 3 is 2.14 bits per heavy atom. The van der Waals surface area contributed by atoms with Crippen LogP contribution in [0.25, 0.3) is 10.9 Å².